The summed E-state index contributed by atoms with van der Waals surface area (Å²) < 4.78 is 22.4. The smallest absolute Gasteiger partial charge is 0.272 e. The molecular weight excluding hydrogens is 367 g/mol. The minimum atomic E-state index is -0.330. The van der Waals surface area contributed by atoms with Crippen LogP contribution in [0.15, 0.2) is 53.7 Å². The summed E-state index contributed by atoms with van der Waals surface area (Å²) in [6.07, 6.45) is 3.23. The first kappa shape index (κ1) is 17.6. The Labute approximate surface area is 158 Å². The summed E-state index contributed by atoms with van der Waals surface area (Å²) in [6.45, 7) is 0.322. The van der Waals surface area contributed by atoms with Gasteiger partial charge in [0.25, 0.3) is 5.56 Å². The molecule has 0 amide bonds. The second-order valence-electron chi connectivity index (χ2n) is 6.14. The zero-order valence-corrected chi connectivity index (χ0v) is 15.6. The molecule has 0 saturated carbocycles. The molecule has 0 radical (unpaired) electrons. The van der Waals surface area contributed by atoms with Crippen molar-refractivity contribution >= 4 is 21.6 Å². The number of nitrogens with zero attached hydrogens (tertiary/aromatic N) is 4. The van der Waals surface area contributed by atoms with E-state index in [1.54, 1.807) is 41.0 Å². The van der Waals surface area contributed by atoms with Gasteiger partial charge in [0.15, 0.2) is 0 Å². The van der Waals surface area contributed by atoms with E-state index in [4.69, 9.17) is 4.74 Å². The van der Waals surface area contributed by atoms with Crippen LogP contribution in [0.3, 0.4) is 0 Å². The zero-order valence-electron chi connectivity index (χ0n) is 14.8. The highest BCUT2D eigenvalue weighted by Crippen LogP contribution is 2.31. The summed E-state index contributed by atoms with van der Waals surface area (Å²) in [5.74, 6) is -0.293. The minimum absolute atomic E-state index is 0.137. The van der Waals surface area contributed by atoms with E-state index in [1.165, 1.54) is 23.5 Å². The predicted octanol–water partition coefficient (Wildman–Crippen LogP) is 3.23. The van der Waals surface area contributed by atoms with Crippen molar-refractivity contribution in [3.05, 3.63) is 70.8 Å². The first-order valence-electron chi connectivity index (χ1n) is 8.32. The standard InChI is InChI=1S/C19H17FN4O2S/c1-23-15(7-8-22-23)16(10-26-2)24-11-21-14-9-17(27-18(14)19(24)25)12-3-5-13(20)6-4-12/h3-9,11,16H,10H2,1-2H3/t16-/m0/s1. The van der Waals surface area contributed by atoms with Gasteiger partial charge in [-0.2, -0.15) is 5.10 Å². The Morgan fingerprint density at radius 1 is 1.26 bits per heavy atom. The van der Waals surface area contributed by atoms with E-state index in [2.05, 4.69) is 10.1 Å². The molecule has 27 heavy (non-hydrogen) atoms. The third-order valence-corrected chi connectivity index (χ3v) is 5.61. The van der Waals surface area contributed by atoms with Crippen molar-refractivity contribution in [2.24, 2.45) is 7.05 Å². The van der Waals surface area contributed by atoms with Gasteiger partial charge in [-0.25, -0.2) is 9.37 Å². The van der Waals surface area contributed by atoms with Crippen molar-refractivity contribution in [3.63, 3.8) is 0 Å². The Balaban J connectivity index is 1.83. The quantitative estimate of drug-likeness (QED) is 0.530. The molecule has 3 aromatic heterocycles. The molecular formula is C19H17FN4O2S. The molecule has 0 bridgehead atoms. The number of methoxy groups -OCH3 is 1. The van der Waals surface area contributed by atoms with Crippen molar-refractivity contribution < 1.29 is 9.13 Å². The molecule has 1 atom stereocenters. The van der Waals surface area contributed by atoms with Crippen LogP contribution in [0, 0.1) is 5.82 Å². The van der Waals surface area contributed by atoms with E-state index < -0.39 is 0 Å². The van der Waals surface area contributed by atoms with Crippen LogP contribution in [0.25, 0.3) is 20.7 Å². The van der Waals surface area contributed by atoms with Crippen LogP contribution in [0.4, 0.5) is 4.39 Å². The van der Waals surface area contributed by atoms with Crippen LogP contribution < -0.4 is 5.56 Å². The summed E-state index contributed by atoms with van der Waals surface area (Å²) in [6, 6.07) is 9.59. The number of ether oxygens (including phenoxy) is 1. The summed E-state index contributed by atoms with van der Waals surface area (Å²) in [7, 11) is 3.42. The van der Waals surface area contributed by atoms with Gasteiger partial charge >= 0.3 is 0 Å². The molecule has 0 aliphatic heterocycles. The lowest BCUT2D eigenvalue weighted by atomic mass is 10.2. The number of hydrogen-bond acceptors (Lipinski definition) is 5. The molecule has 0 saturated heterocycles. The zero-order chi connectivity index (χ0) is 19.0. The van der Waals surface area contributed by atoms with E-state index >= 15 is 0 Å². The van der Waals surface area contributed by atoms with Crippen molar-refractivity contribution in [1.29, 1.82) is 0 Å². The third-order valence-electron chi connectivity index (χ3n) is 4.45. The molecule has 4 aromatic rings. The van der Waals surface area contributed by atoms with Gasteiger partial charge in [-0.05, 0) is 29.8 Å². The topological polar surface area (TPSA) is 61.9 Å². The molecule has 3 heterocycles. The molecule has 0 N–H and O–H groups in total. The maximum Gasteiger partial charge on any atom is 0.272 e. The van der Waals surface area contributed by atoms with Crippen LogP contribution >= 0.6 is 11.3 Å². The van der Waals surface area contributed by atoms with Crippen LogP contribution in [0.5, 0.6) is 0 Å². The number of fused-ring (bicyclic) bond motifs is 1. The number of aromatic nitrogens is 4. The third kappa shape index (κ3) is 3.17. The van der Waals surface area contributed by atoms with Gasteiger partial charge in [-0.15, -0.1) is 11.3 Å². The van der Waals surface area contributed by atoms with Crippen LogP contribution in [-0.4, -0.2) is 33.0 Å². The number of aryl methyl sites for hydroxylation is 1. The Morgan fingerprint density at radius 3 is 2.70 bits per heavy atom. The first-order chi connectivity index (χ1) is 13.1. The minimum Gasteiger partial charge on any atom is -0.382 e. The number of hydrogen-bond donors (Lipinski definition) is 0. The fraction of sp³-hybridized carbons (Fsp3) is 0.211. The highest BCUT2D eigenvalue weighted by Gasteiger charge is 2.21. The summed E-state index contributed by atoms with van der Waals surface area (Å²) >= 11 is 1.35. The van der Waals surface area contributed by atoms with E-state index in [0.29, 0.717) is 16.8 Å². The molecule has 1 aromatic carbocycles. The van der Waals surface area contributed by atoms with Gasteiger partial charge in [0.1, 0.15) is 16.6 Å². The molecule has 6 nitrogen and oxygen atoms in total. The monoisotopic (exact) mass is 384 g/mol. The molecule has 138 valence electrons. The average Bonchev–Trinajstić information content (AvgIpc) is 3.28. The molecule has 4 rings (SSSR count). The fourth-order valence-corrected chi connectivity index (χ4v) is 4.13. The van der Waals surface area contributed by atoms with E-state index in [0.717, 1.165) is 16.1 Å². The van der Waals surface area contributed by atoms with Crippen LogP contribution in [0.2, 0.25) is 0 Å². The summed E-state index contributed by atoms with van der Waals surface area (Å²) in [5.41, 5.74) is 2.20. The van der Waals surface area contributed by atoms with Crippen molar-refractivity contribution in [2.75, 3.05) is 13.7 Å². The van der Waals surface area contributed by atoms with Gasteiger partial charge in [-0.1, -0.05) is 12.1 Å². The van der Waals surface area contributed by atoms with Gasteiger partial charge in [0.2, 0.25) is 0 Å². The van der Waals surface area contributed by atoms with Crippen molar-refractivity contribution in [1.82, 2.24) is 19.3 Å². The highest BCUT2D eigenvalue weighted by molar-refractivity contribution is 7.22. The van der Waals surface area contributed by atoms with Crippen molar-refractivity contribution in [3.8, 4) is 10.4 Å². The molecule has 8 heteroatoms. The predicted molar refractivity (Wildman–Crippen MR) is 102 cm³/mol. The van der Waals surface area contributed by atoms with Crippen LogP contribution in [-0.2, 0) is 11.8 Å². The summed E-state index contributed by atoms with van der Waals surface area (Å²) in [5, 5.41) is 4.19. The van der Waals surface area contributed by atoms with Gasteiger partial charge in [0, 0.05) is 25.2 Å². The lowest BCUT2D eigenvalue weighted by Gasteiger charge is -2.18. The number of rotatable bonds is 5. The van der Waals surface area contributed by atoms with E-state index in [-0.39, 0.29) is 17.4 Å². The molecule has 0 unspecified atom stereocenters. The Kier molecular flexibility index (Phi) is 4.59. The van der Waals surface area contributed by atoms with Gasteiger partial charge in [-0.3, -0.25) is 14.0 Å². The SMILES string of the molecule is COC[C@@H](c1ccnn1C)n1cnc2cc(-c3ccc(F)cc3)sc2c1=O. The van der Waals surface area contributed by atoms with Crippen molar-refractivity contribution in [2.45, 2.75) is 6.04 Å². The van der Waals surface area contributed by atoms with E-state index in [1.807, 2.05) is 19.2 Å². The summed E-state index contributed by atoms with van der Waals surface area (Å²) in [4.78, 5) is 18.5. The number of benzene rings is 1. The van der Waals surface area contributed by atoms with Gasteiger partial charge < -0.3 is 4.74 Å². The molecule has 0 spiro atoms. The number of thiophene rings is 1. The molecule has 0 aliphatic carbocycles. The normalized spacial score (nSPS) is 12.6. The number of halogens is 1. The van der Waals surface area contributed by atoms with Gasteiger partial charge in [0.05, 0.1) is 24.1 Å². The second-order valence-corrected chi connectivity index (χ2v) is 7.19. The first-order valence-corrected chi connectivity index (χ1v) is 9.13. The maximum atomic E-state index is 13.2. The fourth-order valence-electron chi connectivity index (χ4n) is 3.08. The highest BCUT2D eigenvalue weighted by atomic mass is 32.1. The van der Waals surface area contributed by atoms with E-state index in [9.17, 15) is 9.18 Å². The van der Waals surface area contributed by atoms with Crippen LogP contribution in [0.1, 0.15) is 11.7 Å². The average molecular weight is 384 g/mol. The maximum absolute atomic E-state index is 13.2. The Bertz CT molecular complexity index is 1150. The molecule has 0 aliphatic rings. The Hall–Kier alpha value is -2.84. The largest absolute Gasteiger partial charge is 0.382 e. The Morgan fingerprint density at radius 2 is 2.04 bits per heavy atom. The lowest BCUT2D eigenvalue weighted by molar-refractivity contribution is 0.164. The lowest BCUT2D eigenvalue weighted by Crippen LogP contribution is -2.29. The molecule has 0 fully saturated rings. The second kappa shape index (κ2) is 7.05.